The van der Waals surface area contributed by atoms with Gasteiger partial charge in [-0.3, -0.25) is 0 Å². The molecular formula is C13H14ClN3O. The van der Waals surface area contributed by atoms with E-state index in [0.717, 1.165) is 30.9 Å². The van der Waals surface area contributed by atoms with Gasteiger partial charge in [0.2, 0.25) is 0 Å². The van der Waals surface area contributed by atoms with E-state index in [4.69, 9.17) is 16.3 Å². The monoisotopic (exact) mass is 263 g/mol. The lowest BCUT2D eigenvalue weighted by Crippen LogP contribution is -2.19. The van der Waals surface area contributed by atoms with Gasteiger partial charge >= 0.3 is 0 Å². The van der Waals surface area contributed by atoms with Gasteiger partial charge in [-0.2, -0.15) is 5.10 Å². The molecule has 2 heterocycles. The van der Waals surface area contributed by atoms with Crippen molar-refractivity contribution in [3.05, 3.63) is 41.7 Å². The number of nitrogens with zero attached hydrogens (tertiary/aromatic N) is 2. The fourth-order valence-corrected chi connectivity index (χ4v) is 2.23. The van der Waals surface area contributed by atoms with E-state index in [2.05, 4.69) is 10.4 Å². The molecule has 0 aliphatic carbocycles. The Morgan fingerprint density at radius 3 is 3.17 bits per heavy atom. The van der Waals surface area contributed by atoms with Crippen LogP contribution in [0.15, 0.2) is 36.7 Å². The summed E-state index contributed by atoms with van der Waals surface area (Å²) in [4.78, 5) is 0. The molecule has 1 atom stereocenters. The van der Waals surface area contributed by atoms with Crippen LogP contribution >= 0.6 is 11.6 Å². The Labute approximate surface area is 111 Å². The Bertz CT molecular complexity index is 535. The van der Waals surface area contributed by atoms with E-state index in [0.29, 0.717) is 5.02 Å². The molecule has 0 spiro atoms. The number of halogens is 1. The molecule has 1 N–H and O–H groups in total. The van der Waals surface area contributed by atoms with Gasteiger partial charge in [0.25, 0.3) is 0 Å². The number of ether oxygens (including phenoxy) is 1. The summed E-state index contributed by atoms with van der Waals surface area (Å²) in [5.41, 5.74) is 0.932. The summed E-state index contributed by atoms with van der Waals surface area (Å²) >= 11 is 5.96. The molecule has 0 saturated carbocycles. The first-order valence-corrected chi connectivity index (χ1v) is 6.37. The highest BCUT2D eigenvalue weighted by Crippen LogP contribution is 2.19. The maximum atomic E-state index is 5.96. The molecule has 5 heteroatoms. The molecule has 1 aromatic heterocycles. The van der Waals surface area contributed by atoms with Crippen molar-refractivity contribution in [3.8, 4) is 11.4 Å². The summed E-state index contributed by atoms with van der Waals surface area (Å²) < 4.78 is 7.60. The summed E-state index contributed by atoms with van der Waals surface area (Å²) in [5, 5.41) is 8.25. The zero-order valence-corrected chi connectivity index (χ0v) is 10.6. The summed E-state index contributed by atoms with van der Waals surface area (Å²) in [6.45, 7) is 1.93. The van der Waals surface area contributed by atoms with E-state index in [9.17, 15) is 0 Å². The van der Waals surface area contributed by atoms with Crippen LogP contribution in [0.3, 0.4) is 0 Å². The van der Waals surface area contributed by atoms with Crippen LogP contribution in [-0.4, -0.2) is 29.0 Å². The second-order valence-corrected chi connectivity index (χ2v) is 4.77. The maximum Gasteiger partial charge on any atom is 0.158 e. The minimum atomic E-state index is 0.252. The molecule has 1 saturated heterocycles. The Balaban J connectivity index is 1.76. The molecule has 1 aliphatic rings. The Morgan fingerprint density at radius 1 is 1.44 bits per heavy atom. The molecule has 0 amide bonds. The molecule has 3 rings (SSSR count). The van der Waals surface area contributed by atoms with Crippen molar-refractivity contribution in [2.75, 3.05) is 13.1 Å². The number of rotatable bonds is 3. The highest BCUT2D eigenvalue weighted by molar-refractivity contribution is 6.30. The van der Waals surface area contributed by atoms with Gasteiger partial charge in [-0.25, -0.2) is 4.68 Å². The third-order valence-corrected chi connectivity index (χ3v) is 3.18. The first-order chi connectivity index (χ1) is 8.81. The fraction of sp³-hybridized carbons (Fsp3) is 0.308. The normalized spacial score (nSPS) is 19.1. The summed E-state index contributed by atoms with van der Waals surface area (Å²) in [7, 11) is 0. The predicted molar refractivity (Wildman–Crippen MR) is 70.5 cm³/mol. The summed E-state index contributed by atoms with van der Waals surface area (Å²) in [5.74, 6) is 0.795. The third-order valence-electron chi connectivity index (χ3n) is 2.95. The van der Waals surface area contributed by atoms with Crippen molar-refractivity contribution in [2.24, 2.45) is 0 Å². The fourth-order valence-electron chi connectivity index (χ4n) is 2.05. The first-order valence-electron chi connectivity index (χ1n) is 5.99. The molecule has 0 bridgehead atoms. The highest BCUT2D eigenvalue weighted by atomic mass is 35.5. The van der Waals surface area contributed by atoms with Gasteiger partial charge in [-0.1, -0.05) is 17.7 Å². The topological polar surface area (TPSA) is 39.1 Å². The van der Waals surface area contributed by atoms with Crippen molar-refractivity contribution in [3.63, 3.8) is 0 Å². The van der Waals surface area contributed by atoms with E-state index in [1.54, 1.807) is 10.9 Å². The third kappa shape index (κ3) is 2.49. The molecule has 1 unspecified atom stereocenters. The van der Waals surface area contributed by atoms with Crippen LogP contribution in [-0.2, 0) is 0 Å². The summed E-state index contributed by atoms with van der Waals surface area (Å²) in [6, 6.07) is 7.58. The van der Waals surface area contributed by atoms with Crippen molar-refractivity contribution in [1.82, 2.24) is 15.1 Å². The maximum absolute atomic E-state index is 5.96. The molecule has 4 nitrogen and oxygen atoms in total. The van der Waals surface area contributed by atoms with E-state index < -0.39 is 0 Å². The highest BCUT2D eigenvalue weighted by Gasteiger charge is 2.16. The Morgan fingerprint density at radius 2 is 2.39 bits per heavy atom. The van der Waals surface area contributed by atoms with Crippen LogP contribution in [0, 0.1) is 0 Å². The van der Waals surface area contributed by atoms with Crippen LogP contribution in [0.4, 0.5) is 0 Å². The average Bonchev–Trinajstić information content (AvgIpc) is 3.01. The zero-order valence-electron chi connectivity index (χ0n) is 9.84. The van der Waals surface area contributed by atoms with Gasteiger partial charge in [0.1, 0.15) is 6.10 Å². The Kier molecular flexibility index (Phi) is 3.21. The van der Waals surface area contributed by atoms with Crippen molar-refractivity contribution < 1.29 is 4.74 Å². The van der Waals surface area contributed by atoms with Gasteiger partial charge in [0.05, 0.1) is 18.1 Å². The molecule has 94 valence electrons. The first kappa shape index (κ1) is 11.6. The van der Waals surface area contributed by atoms with Gasteiger partial charge < -0.3 is 10.1 Å². The van der Waals surface area contributed by atoms with Crippen LogP contribution in [0.1, 0.15) is 6.42 Å². The zero-order chi connectivity index (χ0) is 12.4. The van der Waals surface area contributed by atoms with E-state index >= 15 is 0 Å². The number of hydrogen-bond donors (Lipinski definition) is 1. The van der Waals surface area contributed by atoms with Gasteiger partial charge in [-0.05, 0) is 31.2 Å². The minimum absolute atomic E-state index is 0.252. The largest absolute Gasteiger partial charge is 0.486 e. The second kappa shape index (κ2) is 5.00. The van der Waals surface area contributed by atoms with Gasteiger partial charge in [0.15, 0.2) is 5.75 Å². The smallest absolute Gasteiger partial charge is 0.158 e. The van der Waals surface area contributed by atoms with E-state index in [1.807, 2.05) is 30.5 Å². The van der Waals surface area contributed by atoms with Crippen LogP contribution in [0.2, 0.25) is 5.02 Å². The van der Waals surface area contributed by atoms with Crippen molar-refractivity contribution in [1.29, 1.82) is 0 Å². The molecule has 1 aromatic carbocycles. The molecule has 18 heavy (non-hydrogen) atoms. The standard InChI is InChI=1S/C13H14ClN3O/c14-10-2-1-3-11(6-10)17-9-13(8-16-17)18-12-4-5-15-7-12/h1-3,6,8-9,12,15H,4-5,7H2. The molecule has 0 radical (unpaired) electrons. The number of aromatic nitrogens is 2. The second-order valence-electron chi connectivity index (χ2n) is 4.33. The molecule has 2 aromatic rings. The van der Waals surface area contributed by atoms with E-state index in [-0.39, 0.29) is 6.10 Å². The molecule has 1 aliphatic heterocycles. The lowest BCUT2D eigenvalue weighted by molar-refractivity contribution is 0.223. The van der Waals surface area contributed by atoms with Gasteiger partial charge in [-0.15, -0.1) is 0 Å². The van der Waals surface area contributed by atoms with Gasteiger partial charge in [0, 0.05) is 11.6 Å². The van der Waals surface area contributed by atoms with Crippen LogP contribution in [0.25, 0.3) is 5.69 Å². The van der Waals surface area contributed by atoms with Crippen molar-refractivity contribution >= 4 is 11.6 Å². The molecular weight excluding hydrogens is 250 g/mol. The number of hydrogen-bond acceptors (Lipinski definition) is 3. The van der Waals surface area contributed by atoms with Crippen molar-refractivity contribution in [2.45, 2.75) is 12.5 Å². The minimum Gasteiger partial charge on any atom is -0.486 e. The van der Waals surface area contributed by atoms with E-state index in [1.165, 1.54) is 0 Å². The SMILES string of the molecule is Clc1cccc(-n2cc(OC3CCNC3)cn2)c1. The number of benzene rings is 1. The quantitative estimate of drug-likeness (QED) is 0.923. The van der Waals surface area contributed by atoms with Crippen LogP contribution in [0.5, 0.6) is 5.75 Å². The molecule has 1 fully saturated rings. The van der Waals surface area contributed by atoms with Crippen LogP contribution < -0.4 is 10.1 Å². The summed E-state index contributed by atoms with van der Waals surface area (Å²) in [6.07, 6.45) is 4.91. The average molecular weight is 264 g/mol. The lowest BCUT2D eigenvalue weighted by Gasteiger charge is -2.09. The predicted octanol–water partition coefficient (Wildman–Crippen LogP) is 2.27. The number of nitrogens with one attached hydrogen (secondary N) is 1. The Hall–Kier alpha value is -1.52. The lowest BCUT2D eigenvalue weighted by atomic mass is 10.3.